The SMILES string of the molecule is O=S(=O)(Cc1ccccc1)c1cc2c(OC3CCNCC3)cccc2o1. The van der Waals surface area contributed by atoms with E-state index in [2.05, 4.69) is 5.32 Å². The molecule has 26 heavy (non-hydrogen) atoms. The van der Waals surface area contributed by atoms with Crippen molar-refractivity contribution in [2.75, 3.05) is 13.1 Å². The average Bonchev–Trinajstić information content (AvgIpc) is 3.10. The molecule has 0 amide bonds. The predicted molar refractivity (Wildman–Crippen MR) is 100 cm³/mol. The van der Waals surface area contributed by atoms with Gasteiger partial charge in [0.05, 0.1) is 11.1 Å². The second-order valence-electron chi connectivity index (χ2n) is 6.55. The molecule has 0 aliphatic carbocycles. The molecule has 1 fully saturated rings. The zero-order valence-electron chi connectivity index (χ0n) is 14.4. The van der Waals surface area contributed by atoms with Crippen molar-refractivity contribution in [2.24, 2.45) is 0 Å². The van der Waals surface area contributed by atoms with E-state index in [-0.39, 0.29) is 16.9 Å². The molecule has 0 unspecified atom stereocenters. The van der Waals surface area contributed by atoms with Crippen molar-refractivity contribution >= 4 is 20.8 Å². The smallest absolute Gasteiger partial charge is 0.219 e. The Balaban J connectivity index is 1.63. The van der Waals surface area contributed by atoms with Gasteiger partial charge in [-0.15, -0.1) is 0 Å². The molecular weight excluding hydrogens is 350 g/mol. The molecular formula is C20H21NO4S. The van der Waals surface area contributed by atoms with Gasteiger partial charge in [-0.1, -0.05) is 36.4 Å². The summed E-state index contributed by atoms with van der Waals surface area (Å²) in [4.78, 5) is 0. The maximum atomic E-state index is 12.7. The molecule has 1 aliphatic heterocycles. The predicted octanol–water partition coefficient (Wildman–Crippen LogP) is 3.54. The second-order valence-corrected chi connectivity index (χ2v) is 8.47. The zero-order valence-corrected chi connectivity index (χ0v) is 15.2. The number of nitrogens with one attached hydrogen (secondary N) is 1. The van der Waals surface area contributed by atoms with E-state index in [1.165, 1.54) is 0 Å². The number of hydrogen-bond acceptors (Lipinski definition) is 5. The van der Waals surface area contributed by atoms with E-state index in [9.17, 15) is 8.42 Å². The van der Waals surface area contributed by atoms with E-state index in [0.29, 0.717) is 16.7 Å². The van der Waals surface area contributed by atoms with E-state index < -0.39 is 9.84 Å². The number of ether oxygens (including phenoxy) is 1. The van der Waals surface area contributed by atoms with Crippen LogP contribution in [0, 0.1) is 0 Å². The van der Waals surface area contributed by atoms with Crippen molar-refractivity contribution in [3.05, 3.63) is 60.2 Å². The third-order valence-corrected chi connectivity index (χ3v) is 6.11. The highest BCUT2D eigenvalue weighted by Gasteiger charge is 2.23. The summed E-state index contributed by atoms with van der Waals surface area (Å²) in [5.41, 5.74) is 1.27. The first-order valence-corrected chi connectivity index (χ1v) is 10.4. The Kier molecular flexibility index (Phi) is 4.70. The summed E-state index contributed by atoms with van der Waals surface area (Å²) in [6.45, 7) is 1.87. The summed E-state index contributed by atoms with van der Waals surface area (Å²) in [5, 5.41) is 4.00. The first-order chi connectivity index (χ1) is 12.6. The van der Waals surface area contributed by atoms with Crippen LogP contribution < -0.4 is 10.1 Å². The standard InChI is InChI=1S/C20H21NO4S/c22-26(23,14-15-5-2-1-3-6-15)20-13-17-18(7-4-8-19(17)25-20)24-16-9-11-21-12-10-16/h1-8,13,16,21H,9-12,14H2. The van der Waals surface area contributed by atoms with Crippen LogP contribution in [0.2, 0.25) is 0 Å². The lowest BCUT2D eigenvalue weighted by Crippen LogP contribution is -2.34. The lowest BCUT2D eigenvalue weighted by atomic mass is 10.1. The van der Waals surface area contributed by atoms with Gasteiger partial charge in [0.1, 0.15) is 17.4 Å². The first-order valence-electron chi connectivity index (χ1n) is 8.78. The summed E-state index contributed by atoms with van der Waals surface area (Å²) < 4.78 is 37.2. The van der Waals surface area contributed by atoms with Crippen molar-refractivity contribution in [2.45, 2.75) is 29.8 Å². The van der Waals surface area contributed by atoms with Crippen LogP contribution in [0.3, 0.4) is 0 Å². The van der Waals surface area contributed by atoms with Gasteiger partial charge in [-0.3, -0.25) is 0 Å². The van der Waals surface area contributed by atoms with E-state index >= 15 is 0 Å². The van der Waals surface area contributed by atoms with Crippen LogP contribution in [-0.4, -0.2) is 27.6 Å². The monoisotopic (exact) mass is 371 g/mol. The maximum Gasteiger partial charge on any atom is 0.219 e. The molecule has 0 radical (unpaired) electrons. The molecule has 3 aromatic rings. The molecule has 1 saturated heterocycles. The molecule has 5 nitrogen and oxygen atoms in total. The summed E-state index contributed by atoms with van der Waals surface area (Å²) >= 11 is 0. The van der Waals surface area contributed by atoms with Gasteiger partial charge in [0, 0.05) is 6.07 Å². The van der Waals surface area contributed by atoms with Gasteiger partial charge in [-0.2, -0.15) is 0 Å². The fourth-order valence-corrected chi connectivity index (χ4v) is 4.51. The molecule has 1 aromatic heterocycles. The van der Waals surface area contributed by atoms with Gasteiger partial charge in [0.2, 0.25) is 14.9 Å². The number of sulfone groups is 1. The van der Waals surface area contributed by atoms with Gasteiger partial charge in [-0.25, -0.2) is 8.42 Å². The Morgan fingerprint density at radius 2 is 1.81 bits per heavy atom. The number of fused-ring (bicyclic) bond motifs is 1. The van der Waals surface area contributed by atoms with Gasteiger partial charge in [0.15, 0.2) is 0 Å². The summed E-state index contributed by atoms with van der Waals surface area (Å²) in [5.74, 6) is 0.595. The molecule has 1 aliphatic rings. The van der Waals surface area contributed by atoms with E-state index in [1.807, 2.05) is 30.3 Å². The van der Waals surface area contributed by atoms with Crippen molar-refractivity contribution < 1.29 is 17.6 Å². The van der Waals surface area contributed by atoms with Crippen LogP contribution >= 0.6 is 0 Å². The number of rotatable bonds is 5. The lowest BCUT2D eigenvalue weighted by molar-refractivity contribution is 0.164. The Bertz CT molecular complexity index is 989. The topological polar surface area (TPSA) is 68.5 Å². The Morgan fingerprint density at radius 3 is 2.58 bits per heavy atom. The minimum Gasteiger partial charge on any atom is -0.490 e. The van der Waals surface area contributed by atoms with Gasteiger partial charge in [0.25, 0.3) is 0 Å². The lowest BCUT2D eigenvalue weighted by Gasteiger charge is -2.24. The normalized spacial score (nSPS) is 16.0. The Morgan fingerprint density at radius 1 is 1.04 bits per heavy atom. The molecule has 136 valence electrons. The summed E-state index contributed by atoms with van der Waals surface area (Å²) in [6.07, 6.45) is 2.02. The molecule has 0 atom stereocenters. The first kappa shape index (κ1) is 17.1. The van der Waals surface area contributed by atoms with Crippen LogP contribution in [0.5, 0.6) is 5.75 Å². The molecule has 0 bridgehead atoms. The largest absolute Gasteiger partial charge is 0.490 e. The Hall–Kier alpha value is -2.31. The maximum absolute atomic E-state index is 12.7. The second kappa shape index (κ2) is 7.13. The highest BCUT2D eigenvalue weighted by molar-refractivity contribution is 7.90. The molecule has 1 N–H and O–H groups in total. The van der Waals surface area contributed by atoms with Gasteiger partial charge >= 0.3 is 0 Å². The fraction of sp³-hybridized carbons (Fsp3) is 0.300. The minimum absolute atomic E-state index is 0.0160. The molecule has 4 rings (SSSR count). The fourth-order valence-electron chi connectivity index (χ4n) is 3.22. The summed E-state index contributed by atoms with van der Waals surface area (Å²) in [6, 6.07) is 16.2. The van der Waals surface area contributed by atoms with Crippen LogP contribution in [-0.2, 0) is 15.6 Å². The third kappa shape index (κ3) is 3.61. The minimum atomic E-state index is -3.56. The van der Waals surface area contributed by atoms with E-state index in [4.69, 9.17) is 9.15 Å². The van der Waals surface area contributed by atoms with Gasteiger partial charge < -0.3 is 14.5 Å². The molecule has 6 heteroatoms. The number of furan rings is 1. The van der Waals surface area contributed by atoms with Crippen LogP contribution in [0.1, 0.15) is 18.4 Å². The highest BCUT2D eigenvalue weighted by atomic mass is 32.2. The van der Waals surface area contributed by atoms with Gasteiger partial charge in [-0.05, 0) is 43.6 Å². The number of benzene rings is 2. The zero-order chi connectivity index (χ0) is 18.0. The molecule has 2 heterocycles. The van der Waals surface area contributed by atoms with E-state index in [1.54, 1.807) is 24.3 Å². The van der Waals surface area contributed by atoms with Crippen molar-refractivity contribution in [1.29, 1.82) is 0 Å². The van der Waals surface area contributed by atoms with Crippen LogP contribution in [0.4, 0.5) is 0 Å². The molecule has 0 spiro atoms. The van der Waals surface area contributed by atoms with Crippen molar-refractivity contribution in [3.8, 4) is 5.75 Å². The number of hydrogen-bond donors (Lipinski definition) is 1. The quantitative estimate of drug-likeness (QED) is 0.743. The highest BCUT2D eigenvalue weighted by Crippen LogP contribution is 2.33. The number of piperidine rings is 1. The molecule has 2 aromatic carbocycles. The van der Waals surface area contributed by atoms with Crippen LogP contribution in [0.15, 0.2) is 64.1 Å². The Labute approximate surface area is 152 Å². The third-order valence-electron chi connectivity index (χ3n) is 4.58. The van der Waals surface area contributed by atoms with Crippen LogP contribution in [0.25, 0.3) is 11.0 Å². The van der Waals surface area contributed by atoms with E-state index in [0.717, 1.165) is 31.5 Å². The van der Waals surface area contributed by atoms with Crippen molar-refractivity contribution in [3.63, 3.8) is 0 Å². The van der Waals surface area contributed by atoms with Crippen molar-refractivity contribution in [1.82, 2.24) is 5.32 Å². The summed E-state index contributed by atoms with van der Waals surface area (Å²) in [7, 11) is -3.56. The average molecular weight is 371 g/mol. The molecule has 0 saturated carbocycles.